The zero-order valence-electron chi connectivity index (χ0n) is 12.7. The maximum Gasteiger partial charge on any atom is 0.255 e. The molecule has 0 aliphatic carbocycles. The van der Waals surface area contributed by atoms with E-state index in [9.17, 15) is 4.79 Å². The fourth-order valence-corrected chi connectivity index (χ4v) is 2.89. The van der Waals surface area contributed by atoms with Crippen molar-refractivity contribution in [3.05, 3.63) is 58.6 Å². The molecule has 2 rings (SSSR count). The van der Waals surface area contributed by atoms with Gasteiger partial charge < -0.3 is 10.1 Å². The second-order valence-electron chi connectivity index (χ2n) is 4.78. The largest absolute Gasteiger partial charge is 0.496 e. The minimum Gasteiger partial charge on any atom is -0.496 e. The van der Waals surface area contributed by atoms with Gasteiger partial charge in [0.1, 0.15) is 5.75 Å². The highest BCUT2D eigenvalue weighted by Crippen LogP contribution is 2.27. The molecule has 0 spiro atoms. The molecule has 0 unspecified atom stereocenters. The molecule has 0 aliphatic heterocycles. The van der Waals surface area contributed by atoms with Gasteiger partial charge in [-0.3, -0.25) is 4.79 Å². The highest BCUT2D eigenvalue weighted by Gasteiger charge is 2.17. The first-order chi connectivity index (χ1) is 10.6. The third-order valence-corrected chi connectivity index (χ3v) is 4.44. The summed E-state index contributed by atoms with van der Waals surface area (Å²) in [5, 5.41) is 3.59. The third kappa shape index (κ3) is 3.76. The van der Waals surface area contributed by atoms with Gasteiger partial charge in [0, 0.05) is 9.92 Å². The molecular weight excluding hydrogens is 318 g/mol. The first kappa shape index (κ1) is 16.7. The average molecular weight is 336 g/mol. The standard InChI is InChI=1S/C17H18ClNO2S/c1-11(13-6-4-5-7-15(13)18)19-17(20)14-9-8-12(22-3)10-16(14)21-2/h4-11H,1-3H3,(H,19,20)/t11-/m0/s1. The van der Waals surface area contributed by atoms with E-state index in [1.54, 1.807) is 24.9 Å². The van der Waals surface area contributed by atoms with Crippen LogP contribution >= 0.6 is 23.4 Å². The van der Waals surface area contributed by atoms with Crippen molar-refractivity contribution in [2.75, 3.05) is 13.4 Å². The van der Waals surface area contributed by atoms with Crippen molar-refractivity contribution in [3.8, 4) is 5.75 Å². The Hall–Kier alpha value is -1.65. The molecule has 1 atom stereocenters. The summed E-state index contributed by atoms with van der Waals surface area (Å²) in [6.07, 6.45) is 1.98. The van der Waals surface area contributed by atoms with Crippen LogP contribution in [0, 0.1) is 0 Å². The van der Waals surface area contributed by atoms with Crippen molar-refractivity contribution >= 4 is 29.3 Å². The SMILES string of the molecule is COc1cc(SC)ccc1C(=O)N[C@@H](C)c1ccccc1Cl. The van der Waals surface area contributed by atoms with Crippen LogP contribution in [0.1, 0.15) is 28.9 Å². The number of carbonyl (C=O) groups is 1. The summed E-state index contributed by atoms with van der Waals surface area (Å²) in [5.74, 6) is 0.382. The van der Waals surface area contributed by atoms with Crippen molar-refractivity contribution in [2.45, 2.75) is 17.9 Å². The predicted octanol–water partition coefficient (Wildman–Crippen LogP) is 4.56. The number of hydrogen-bond donors (Lipinski definition) is 1. The molecule has 1 amide bonds. The normalized spacial score (nSPS) is 11.8. The van der Waals surface area contributed by atoms with E-state index in [-0.39, 0.29) is 11.9 Å². The first-order valence-corrected chi connectivity index (χ1v) is 8.44. The number of ether oxygens (including phenoxy) is 1. The Morgan fingerprint density at radius 2 is 2.00 bits per heavy atom. The predicted molar refractivity (Wildman–Crippen MR) is 92.1 cm³/mol. The molecule has 0 aromatic heterocycles. The first-order valence-electron chi connectivity index (χ1n) is 6.84. The van der Waals surface area contributed by atoms with E-state index in [2.05, 4.69) is 5.32 Å². The van der Waals surface area contributed by atoms with Crippen LogP contribution in [0.3, 0.4) is 0 Å². The average Bonchev–Trinajstić information content (AvgIpc) is 2.54. The smallest absolute Gasteiger partial charge is 0.255 e. The lowest BCUT2D eigenvalue weighted by molar-refractivity contribution is 0.0937. The number of hydrogen-bond acceptors (Lipinski definition) is 3. The Labute approximate surface area is 140 Å². The second kappa shape index (κ2) is 7.56. The molecule has 1 N–H and O–H groups in total. The van der Waals surface area contributed by atoms with E-state index in [4.69, 9.17) is 16.3 Å². The lowest BCUT2D eigenvalue weighted by Crippen LogP contribution is -2.27. The maximum absolute atomic E-state index is 12.5. The van der Waals surface area contributed by atoms with E-state index >= 15 is 0 Å². The van der Waals surface area contributed by atoms with Crippen LogP contribution in [0.25, 0.3) is 0 Å². The summed E-state index contributed by atoms with van der Waals surface area (Å²) < 4.78 is 5.32. The number of carbonyl (C=O) groups excluding carboxylic acids is 1. The molecular formula is C17H18ClNO2S. The monoisotopic (exact) mass is 335 g/mol. The Morgan fingerprint density at radius 3 is 2.64 bits per heavy atom. The third-order valence-electron chi connectivity index (χ3n) is 3.37. The van der Waals surface area contributed by atoms with Crippen LogP contribution in [0.2, 0.25) is 5.02 Å². The van der Waals surface area contributed by atoms with Gasteiger partial charge in [0.2, 0.25) is 0 Å². The number of thioether (sulfide) groups is 1. The van der Waals surface area contributed by atoms with Crippen LogP contribution < -0.4 is 10.1 Å². The van der Waals surface area contributed by atoms with Crippen LogP contribution in [0.4, 0.5) is 0 Å². The van der Waals surface area contributed by atoms with Crippen molar-refractivity contribution in [3.63, 3.8) is 0 Å². The van der Waals surface area contributed by atoms with E-state index in [1.807, 2.05) is 49.6 Å². The molecule has 22 heavy (non-hydrogen) atoms. The van der Waals surface area contributed by atoms with E-state index in [0.717, 1.165) is 10.5 Å². The Bertz CT molecular complexity index is 675. The van der Waals surface area contributed by atoms with Crippen LogP contribution in [0.15, 0.2) is 47.4 Å². The molecule has 5 heteroatoms. The van der Waals surface area contributed by atoms with Crippen LogP contribution in [0.5, 0.6) is 5.75 Å². The minimum absolute atomic E-state index is 0.183. The summed E-state index contributed by atoms with van der Waals surface area (Å²) in [7, 11) is 1.56. The quantitative estimate of drug-likeness (QED) is 0.814. The van der Waals surface area contributed by atoms with Crippen molar-refractivity contribution in [1.29, 1.82) is 0 Å². The highest BCUT2D eigenvalue weighted by atomic mass is 35.5. The van der Waals surface area contributed by atoms with E-state index < -0.39 is 0 Å². The minimum atomic E-state index is -0.189. The Kier molecular flexibility index (Phi) is 5.75. The van der Waals surface area contributed by atoms with Gasteiger partial charge in [-0.25, -0.2) is 0 Å². The van der Waals surface area contributed by atoms with Gasteiger partial charge in [0.15, 0.2) is 0 Å². The lowest BCUT2D eigenvalue weighted by atomic mass is 10.1. The highest BCUT2D eigenvalue weighted by molar-refractivity contribution is 7.98. The summed E-state index contributed by atoms with van der Waals surface area (Å²) in [5.41, 5.74) is 1.40. The van der Waals surface area contributed by atoms with Crippen molar-refractivity contribution in [1.82, 2.24) is 5.32 Å². The van der Waals surface area contributed by atoms with Gasteiger partial charge in [-0.05, 0) is 43.0 Å². The van der Waals surface area contributed by atoms with E-state index in [1.165, 1.54) is 0 Å². The summed E-state index contributed by atoms with van der Waals surface area (Å²) >= 11 is 7.77. The molecule has 3 nitrogen and oxygen atoms in total. The number of halogens is 1. The summed E-state index contributed by atoms with van der Waals surface area (Å²) in [4.78, 5) is 13.5. The Morgan fingerprint density at radius 1 is 1.27 bits per heavy atom. The number of rotatable bonds is 5. The van der Waals surface area contributed by atoms with Gasteiger partial charge >= 0.3 is 0 Å². The van der Waals surface area contributed by atoms with E-state index in [0.29, 0.717) is 16.3 Å². The zero-order valence-corrected chi connectivity index (χ0v) is 14.3. The molecule has 2 aromatic carbocycles. The van der Waals surface area contributed by atoms with Gasteiger partial charge in [-0.1, -0.05) is 29.8 Å². The van der Waals surface area contributed by atoms with Crippen LogP contribution in [-0.4, -0.2) is 19.3 Å². The molecule has 2 aromatic rings. The molecule has 0 bridgehead atoms. The van der Waals surface area contributed by atoms with Gasteiger partial charge in [0.25, 0.3) is 5.91 Å². The number of methoxy groups -OCH3 is 1. The molecule has 116 valence electrons. The Balaban J connectivity index is 2.20. The lowest BCUT2D eigenvalue weighted by Gasteiger charge is -2.17. The summed E-state index contributed by atoms with van der Waals surface area (Å²) in [6.45, 7) is 1.90. The molecule has 0 fully saturated rings. The number of benzene rings is 2. The fourth-order valence-electron chi connectivity index (χ4n) is 2.16. The fraction of sp³-hybridized carbons (Fsp3) is 0.235. The number of amides is 1. The molecule has 0 radical (unpaired) electrons. The molecule has 0 heterocycles. The molecule has 0 saturated carbocycles. The molecule has 0 saturated heterocycles. The summed E-state index contributed by atoms with van der Waals surface area (Å²) in [6, 6.07) is 12.8. The van der Waals surface area contributed by atoms with Crippen molar-refractivity contribution in [2.24, 2.45) is 0 Å². The molecule has 0 aliphatic rings. The maximum atomic E-state index is 12.5. The topological polar surface area (TPSA) is 38.3 Å². The van der Waals surface area contributed by atoms with Gasteiger partial charge in [-0.15, -0.1) is 11.8 Å². The second-order valence-corrected chi connectivity index (χ2v) is 6.07. The van der Waals surface area contributed by atoms with Gasteiger partial charge in [0.05, 0.1) is 18.7 Å². The van der Waals surface area contributed by atoms with Gasteiger partial charge in [-0.2, -0.15) is 0 Å². The van der Waals surface area contributed by atoms with Crippen LogP contribution in [-0.2, 0) is 0 Å². The van der Waals surface area contributed by atoms with Crippen molar-refractivity contribution < 1.29 is 9.53 Å². The number of nitrogens with one attached hydrogen (secondary N) is 1. The zero-order chi connectivity index (χ0) is 16.1.